The highest BCUT2D eigenvalue weighted by Gasteiger charge is 2.19. The van der Waals surface area contributed by atoms with Crippen molar-refractivity contribution >= 4 is 33.2 Å². The lowest BCUT2D eigenvalue weighted by Gasteiger charge is -2.28. The van der Waals surface area contributed by atoms with Crippen LogP contribution < -0.4 is 0 Å². The molecule has 0 spiro atoms. The van der Waals surface area contributed by atoms with E-state index in [0.29, 0.717) is 0 Å². The fourth-order valence-electron chi connectivity index (χ4n) is 1.64. The maximum Gasteiger partial charge on any atom is 0.317 e. The normalized spacial score (nSPS) is 13.2. The zero-order chi connectivity index (χ0) is 13.7. The van der Waals surface area contributed by atoms with Crippen molar-refractivity contribution in [3.63, 3.8) is 0 Å². The Labute approximate surface area is 120 Å². The number of likely N-dealkylation sites (N-methyl/N-ethyl adjacent to an activating group) is 1. The van der Waals surface area contributed by atoms with E-state index in [4.69, 9.17) is 5.11 Å². The van der Waals surface area contributed by atoms with E-state index in [1.54, 1.807) is 11.3 Å². The zero-order valence-electron chi connectivity index (χ0n) is 10.9. The molecule has 1 heterocycles. The lowest BCUT2D eigenvalue weighted by Crippen LogP contribution is -2.37. The Morgan fingerprint density at radius 2 is 2.11 bits per heavy atom. The Hall–Kier alpha value is -0.430. The summed E-state index contributed by atoms with van der Waals surface area (Å²) >= 11 is 5.09. The van der Waals surface area contributed by atoms with Crippen LogP contribution in [-0.4, -0.2) is 54.6 Å². The second kappa shape index (κ2) is 7.23. The van der Waals surface area contributed by atoms with Crippen LogP contribution in [-0.2, 0) is 4.79 Å². The number of hydrogen-bond acceptors (Lipinski definition) is 4. The van der Waals surface area contributed by atoms with E-state index in [1.165, 1.54) is 4.88 Å². The predicted octanol–water partition coefficient (Wildman–Crippen LogP) is 2.52. The van der Waals surface area contributed by atoms with Crippen LogP contribution in [0.5, 0.6) is 0 Å². The van der Waals surface area contributed by atoms with Gasteiger partial charge in [0.1, 0.15) is 0 Å². The van der Waals surface area contributed by atoms with Crippen LogP contribution in [0.3, 0.4) is 0 Å². The van der Waals surface area contributed by atoms with Crippen LogP contribution in [0.4, 0.5) is 0 Å². The van der Waals surface area contributed by atoms with Crippen LogP contribution in [0.25, 0.3) is 0 Å². The maximum atomic E-state index is 10.9. The molecule has 4 nitrogen and oxygen atoms in total. The van der Waals surface area contributed by atoms with Crippen molar-refractivity contribution in [3.05, 3.63) is 20.8 Å². The minimum atomic E-state index is -0.781. The summed E-state index contributed by atoms with van der Waals surface area (Å²) in [4.78, 5) is 16.2. The lowest BCUT2D eigenvalue weighted by atomic mass is 10.2. The first-order valence-corrected chi connectivity index (χ1v) is 7.37. The Morgan fingerprint density at radius 1 is 1.44 bits per heavy atom. The van der Waals surface area contributed by atoms with Crippen molar-refractivity contribution in [2.75, 3.05) is 33.7 Å². The van der Waals surface area contributed by atoms with Crippen LogP contribution in [0.15, 0.2) is 15.9 Å². The number of carboxylic acids is 1. The van der Waals surface area contributed by atoms with Gasteiger partial charge in [-0.3, -0.25) is 9.69 Å². The fraction of sp³-hybridized carbons (Fsp3) is 0.583. The van der Waals surface area contributed by atoms with Gasteiger partial charge in [0.15, 0.2) is 0 Å². The molecule has 1 aromatic rings. The van der Waals surface area contributed by atoms with Crippen LogP contribution in [0.2, 0.25) is 0 Å². The summed E-state index contributed by atoms with van der Waals surface area (Å²) in [5, 5.41) is 8.99. The molecule has 0 aromatic carbocycles. The smallest absolute Gasteiger partial charge is 0.317 e. The van der Waals surface area contributed by atoms with E-state index in [9.17, 15) is 4.79 Å². The van der Waals surface area contributed by atoms with E-state index in [2.05, 4.69) is 27.8 Å². The van der Waals surface area contributed by atoms with Gasteiger partial charge >= 0.3 is 5.97 Å². The minimum absolute atomic E-state index is 0.0739. The lowest BCUT2D eigenvalue weighted by molar-refractivity contribution is -0.138. The Morgan fingerprint density at radius 3 is 2.56 bits per heavy atom. The molecule has 1 aromatic heterocycles. The van der Waals surface area contributed by atoms with Gasteiger partial charge in [0, 0.05) is 24.0 Å². The molecular formula is C12H19BrN2O2S. The summed E-state index contributed by atoms with van der Waals surface area (Å²) in [6, 6.07) is 4.17. The van der Waals surface area contributed by atoms with Crippen molar-refractivity contribution in [1.29, 1.82) is 0 Å². The highest BCUT2D eigenvalue weighted by molar-refractivity contribution is 9.11. The van der Waals surface area contributed by atoms with Gasteiger partial charge in [-0.15, -0.1) is 11.3 Å². The second-order valence-corrected chi connectivity index (χ2v) is 6.98. The van der Waals surface area contributed by atoms with Gasteiger partial charge in [-0.05, 0) is 49.1 Å². The summed E-state index contributed by atoms with van der Waals surface area (Å²) in [5.41, 5.74) is 0. The molecule has 0 bridgehead atoms. The molecule has 0 aliphatic rings. The molecule has 1 N–H and O–H groups in total. The first-order valence-electron chi connectivity index (χ1n) is 5.76. The quantitative estimate of drug-likeness (QED) is 0.832. The molecule has 0 radical (unpaired) electrons. The van der Waals surface area contributed by atoms with E-state index in [0.717, 1.165) is 16.9 Å². The van der Waals surface area contributed by atoms with Crippen LogP contribution in [0.1, 0.15) is 17.8 Å². The number of thiophene rings is 1. The molecule has 102 valence electrons. The average Bonchev–Trinajstić information content (AvgIpc) is 2.69. The molecule has 6 heteroatoms. The largest absolute Gasteiger partial charge is 0.480 e. The van der Waals surface area contributed by atoms with E-state index in [-0.39, 0.29) is 12.6 Å². The number of nitrogens with zero attached hydrogens (tertiary/aromatic N) is 2. The molecule has 0 amide bonds. The minimum Gasteiger partial charge on any atom is -0.480 e. The van der Waals surface area contributed by atoms with Gasteiger partial charge in [0.05, 0.1) is 10.3 Å². The Balaban J connectivity index is 2.71. The predicted molar refractivity (Wildman–Crippen MR) is 78.2 cm³/mol. The molecule has 0 saturated heterocycles. The van der Waals surface area contributed by atoms with Gasteiger partial charge in [0.2, 0.25) is 0 Å². The van der Waals surface area contributed by atoms with E-state index >= 15 is 0 Å². The van der Waals surface area contributed by atoms with Crippen molar-refractivity contribution in [2.45, 2.75) is 13.0 Å². The number of carboxylic acid groups (broad SMARTS) is 1. The topological polar surface area (TPSA) is 43.8 Å². The summed E-state index contributed by atoms with van der Waals surface area (Å²) in [5.74, 6) is -0.781. The molecule has 18 heavy (non-hydrogen) atoms. The van der Waals surface area contributed by atoms with Gasteiger partial charge in [-0.2, -0.15) is 0 Å². The Bertz CT molecular complexity index is 395. The van der Waals surface area contributed by atoms with Gasteiger partial charge in [-0.1, -0.05) is 0 Å². The van der Waals surface area contributed by atoms with Gasteiger partial charge in [-0.25, -0.2) is 0 Å². The number of halogens is 1. The fourth-order valence-corrected chi connectivity index (χ4v) is 3.15. The molecule has 1 atom stereocenters. The molecule has 1 rings (SSSR count). The third kappa shape index (κ3) is 5.06. The number of aliphatic carboxylic acids is 1. The molecule has 0 saturated carbocycles. The summed E-state index contributed by atoms with van der Waals surface area (Å²) in [6.45, 7) is 3.72. The van der Waals surface area contributed by atoms with Gasteiger partial charge < -0.3 is 10.0 Å². The first-order chi connectivity index (χ1) is 8.40. The molecule has 0 fully saturated rings. The average molecular weight is 335 g/mol. The summed E-state index contributed by atoms with van der Waals surface area (Å²) in [7, 11) is 3.98. The third-order valence-electron chi connectivity index (χ3n) is 2.73. The first kappa shape index (κ1) is 15.6. The SMILES string of the molecule is CC(c1ccc(Br)s1)N(CCN(C)C)CC(=O)O. The molecule has 0 aliphatic heterocycles. The number of carbonyl (C=O) groups is 1. The Kier molecular flexibility index (Phi) is 6.28. The molecular weight excluding hydrogens is 316 g/mol. The van der Waals surface area contributed by atoms with Crippen molar-refractivity contribution in [1.82, 2.24) is 9.80 Å². The van der Waals surface area contributed by atoms with Crippen molar-refractivity contribution in [3.8, 4) is 0 Å². The maximum absolute atomic E-state index is 10.9. The van der Waals surface area contributed by atoms with Crippen molar-refractivity contribution in [2.24, 2.45) is 0 Å². The molecule has 1 unspecified atom stereocenters. The van der Waals surface area contributed by atoms with E-state index in [1.807, 2.05) is 31.1 Å². The van der Waals surface area contributed by atoms with E-state index < -0.39 is 5.97 Å². The third-order valence-corrected chi connectivity index (χ3v) is 4.52. The second-order valence-electron chi connectivity index (χ2n) is 4.49. The van der Waals surface area contributed by atoms with Crippen LogP contribution >= 0.6 is 27.3 Å². The monoisotopic (exact) mass is 334 g/mol. The molecule has 0 aliphatic carbocycles. The standard InChI is InChI=1S/C12H19BrN2O2S/c1-9(10-4-5-11(13)18-10)15(8-12(16)17)7-6-14(2)3/h4-5,9H,6-8H2,1-3H3,(H,16,17). The van der Waals surface area contributed by atoms with Crippen molar-refractivity contribution < 1.29 is 9.90 Å². The highest BCUT2D eigenvalue weighted by Crippen LogP contribution is 2.30. The van der Waals surface area contributed by atoms with Crippen LogP contribution in [0, 0.1) is 0 Å². The number of hydrogen-bond donors (Lipinski definition) is 1. The number of rotatable bonds is 7. The summed E-state index contributed by atoms with van der Waals surface area (Å²) in [6.07, 6.45) is 0. The zero-order valence-corrected chi connectivity index (χ0v) is 13.3. The summed E-state index contributed by atoms with van der Waals surface area (Å²) < 4.78 is 1.08. The highest BCUT2D eigenvalue weighted by atomic mass is 79.9. The van der Waals surface area contributed by atoms with Gasteiger partial charge in [0.25, 0.3) is 0 Å².